The summed E-state index contributed by atoms with van der Waals surface area (Å²) in [7, 11) is -3.18. The Balaban J connectivity index is 0.000000980. The Morgan fingerprint density at radius 2 is 1.86 bits per heavy atom. The predicted octanol–water partition coefficient (Wildman–Crippen LogP) is -1.58. The summed E-state index contributed by atoms with van der Waals surface area (Å²) in [6.45, 7) is -4.85. The molecule has 1 aliphatic carbocycles. The van der Waals surface area contributed by atoms with E-state index in [2.05, 4.69) is 0 Å². The van der Waals surface area contributed by atoms with Crippen LogP contribution >= 0.6 is 0 Å². The SMILES string of the molecule is O=S1(=O)CCC2([B-](F)(F)F)CC2C1.[K+]. The third kappa shape index (κ3) is 2.10. The molecular formula is C6H9BF3KO2S. The molecule has 0 radical (unpaired) electrons. The zero-order valence-electron chi connectivity index (χ0n) is 7.84. The van der Waals surface area contributed by atoms with Gasteiger partial charge in [-0.1, -0.05) is 18.2 Å². The molecule has 1 saturated heterocycles. The predicted molar refractivity (Wildman–Crippen MR) is 43.1 cm³/mol. The molecule has 0 N–H and O–H groups in total. The number of rotatable bonds is 1. The third-order valence-electron chi connectivity index (χ3n) is 3.26. The third-order valence-corrected chi connectivity index (χ3v) is 5.00. The standard InChI is InChI=1S/C6H9BF3O2S.K/c8-7(9,10)6-1-2-13(11,12)4-5(6)3-6;/h5H,1-4H2;/q-1;+1. The van der Waals surface area contributed by atoms with Crippen LogP contribution in [0.15, 0.2) is 0 Å². The molecule has 14 heavy (non-hydrogen) atoms. The van der Waals surface area contributed by atoms with Gasteiger partial charge in [0, 0.05) is 5.75 Å². The minimum absolute atomic E-state index is 0. The fourth-order valence-corrected chi connectivity index (χ4v) is 4.15. The quantitative estimate of drug-likeness (QED) is 0.528. The first-order valence-electron chi connectivity index (χ1n) is 4.17. The molecule has 8 heteroatoms. The van der Waals surface area contributed by atoms with E-state index < -0.39 is 28.0 Å². The number of hydrogen-bond donors (Lipinski definition) is 0. The Hall–Kier alpha value is 1.44. The molecule has 2 atom stereocenters. The van der Waals surface area contributed by atoms with Crippen molar-refractivity contribution in [2.75, 3.05) is 11.5 Å². The minimum atomic E-state index is -4.85. The van der Waals surface area contributed by atoms with Gasteiger partial charge in [0.05, 0.1) is 5.75 Å². The van der Waals surface area contributed by atoms with Crippen LogP contribution in [0.25, 0.3) is 0 Å². The number of halogens is 3. The number of fused-ring (bicyclic) bond motifs is 1. The topological polar surface area (TPSA) is 34.1 Å². The monoisotopic (exact) mass is 252 g/mol. The van der Waals surface area contributed by atoms with Crippen molar-refractivity contribution in [1.82, 2.24) is 0 Å². The summed E-state index contributed by atoms with van der Waals surface area (Å²) in [5.74, 6) is -1.18. The fourth-order valence-electron chi connectivity index (χ4n) is 2.23. The van der Waals surface area contributed by atoms with Crippen LogP contribution in [0.1, 0.15) is 12.8 Å². The summed E-state index contributed by atoms with van der Waals surface area (Å²) in [6, 6.07) is 0. The van der Waals surface area contributed by atoms with E-state index in [1.165, 1.54) is 0 Å². The van der Waals surface area contributed by atoms with Crippen LogP contribution in [0.4, 0.5) is 12.9 Å². The van der Waals surface area contributed by atoms with Crippen LogP contribution < -0.4 is 51.4 Å². The van der Waals surface area contributed by atoms with Crippen molar-refractivity contribution in [2.24, 2.45) is 5.92 Å². The zero-order chi connectivity index (χ0) is 9.91. The van der Waals surface area contributed by atoms with Crippen LogP contribution in [0.5, 0.6) is 0 Å². The van der Waals surface area contributed by atoms with Crippen molar-refractivity contribution in [2.45, 2.75) is 18.2 Å². The van der Waals surface area contributed by atoms with Gasteiger partial charge >= 0.3 is 58.4 Å². The molecule has 1 saturated carbocycles. The van der Waals surface area contributed by atoms with Gasteiger partial charge in [0.15, 0.2) is 0 Å². The Bertz CT molecular complexity index is 341. The van der Waals surface area contributed by atoms with E-state index in [1.54, 1.807) is 0 Å². The second-order valence-corrected chi connectivity index (χ2v) is 6.30. The van der Waals surface area contributed by atoms with Gasteiger partial charge in [-0.05, 0) is 5.92 Å². The second-order valence-electron chi connectivity index (χ2n) is 4.07. The summed E-state index contributed by atoms with van der Waals surface area (Å²) < 4.78 is 59.5. The molecular weight excluding hydrogens is 243 g/mol. The smallest absolute Gasteiger partial charge is 0.449 e. The molecule has 76 valence electrons. The van der Waals surface area contributed by atoms with Crippen molar-refractivity contribution in [3.05, 3.63) is 0 Å². The molecule has 0 bridgehead atoms. The molecule has 2 nitrogen and oxygen atoms in total. The van der Waals surface area contributed by atoms with E-state index in [0.717, 1.165) is 0 Å². The van der Waals surface area contributed by atoms with E-state index >= 15 is 0 Å². The van der Waals surface area contributed by atoms with E-state index in [1.807, 2.05) is 0 Å². The average molecular weight is 252 g/mol. The summed E-state index contributed by atoms with van der Waals surface area (Å²) in [5, 5.41) is -1.58. The second kappa shape index (κ2) is 3.73. The van der Waals surface area contributed by atoms with Crippen LogP contribution in [0.3, 0.4) is 0 Å². The fraction of sp³-hybridized carbons (Fsp3) is 1.00. The summed E-state index contributed by atoms with van der Waals surface area (Å²) >= 11 is 0. The van der Waals surface area contributed by atoms with E-state index in [9.17, 15) is 21.4 Å². The molecule has 0 aromatic rings. The Morgan fingerprint density at radius 1 is 1.29 bits per heavy atom. The largest absolute Gasteiger partial charge is 1.00 e. The van der Waals surface area contributed by atoms with Crippen molar-refractivity contribution < 1.29 is 72.7 Å². The number of hydrogen-bond acceptors (Lipinski definition) is 2. The van der Waals surface area contributed by atoms with Crippen molar-refractivity contribution >= 4 is 16.8 Å². The van der Waals surface area contributed by atoms with Gasteiger partial charge in [-0.3, -0.25) is 0 Å². The molecule has 2 rings (SSSR count). The summed E-state index contributed by atoms with van der Waals surface area (Å²) in [6.07, 6.45) is -0.167. The average Bonchev–Trinajstić information content (AvgIpc) is 2.58. The first-order chi connectivity index (χ1) is 5.77. The molecule has 0 spiro atoms. The molecule has 0 aromatic carbocycles. The van der Waals surface area contributed by atoms with E-state index in [0.29, 0.717) is 0 Å². The van der Waals surface area contributed by atoms with Crippen molar-refractivity contribution in [1.29, 1.82) is 0 Å². The Labute approximate surface area is 123 Å². The van der Waals surface area contributed by atoms with Gasteiger partial charge in [0.2, 0.25) is 0 Å². The van der Waals surface area contributed by atoms with Crippen LogP contribution in [0.2, 0.25) is 5.31 Å². The molecule has 2 aliphatic rings. The molecule has 2 fully saturated rings. The van der Waals surface area contributed by atoms with E-state index in [-0.39, 0.29) is 75.7 Å². The van der Waals surface area contributed by atoms with Gasteiger partial charge in [-0.15, -0.1) is 0 Å². The minimum Gasteiger partial charge on any atom is -0.449 e. The van der Waals surface area contributed by atoms with Crippen molar-refractivity contribution in [3.8, 4) is 0 Å². The first kappa shape index (κ1) is 13.5. The van der Waals surface area contributed by atoms with Gasteiger partial charge in [0.25, 0.3) is 0 Å². The zero-order valence-corrected chi connectivity index (χ0v) is 11.8. The van der Waals surface area contributed by atoms with Crippen LogP contribution in [0, 0.1) is 5.92 Å². The first-order valence-corrected chi connectivity index (χ1v) is 5.99. The summed E-state index contributed by atoms with van der Waals surface area (Å²) in [4.78, 5) is 0. The molecule has 1 heterocycles. The van der Waals surface area contributed by atoms with Gasteiger partial charge < -0.3 is 12.9 Å². The normalized spacial score (nSPS) is 39.5. The maximum Gasteiger partial charge on any atom is 1.00 e. The molecule has 2 unspecified atom stereocenters. The Kier molecular flexibility index (Phi) is 3.60. The molecule has 1 aliphatic heterocycles. The van der Waals surface area contributed by atoms with E-state index in [4.69, 9.17) is 0 Å². The van der Waals surface area contributed by atoms with Crippen LogP contribution in [-0.4, -0.2) is 26.9 Å². The van der Waals surface area contributed by atoms with Crippen molar-refractivity contribution in [3.63, 3.8) is 0 Å². The summed E-state index contributed by atoms with van der Waals surface area (Å²) in [5.41, 5.74) is 0. The molecule has 0 amide bonds. The van der Waals surface area contributed by atoms with Gasteiger partial charge in [0.1, 0.15) is 9.84 Å². The molecule has 0 aromatic heterocycles. The Morgan fingerprint density at radius 3 is 2.29 bits per heavy atom. The van der Waals surface area contributed by atoms with Gasteiger partial charge in [-0.25, -0.2) is 8.42 Å². The maximum atomic E-state index is 12.5. The maximum absolute atomic E-state index is 12.5. The van der Waals surface area contributed by atoms with Crippen LogP contribution in [-0.2, 0) is 9.84 Å². The van der Waals surface area contributed by atoms with Gasteiger partial charge in [-0.2, -0.15) is 0 Å². The number of sulfone groups is 1.